The van der Waals surface area contributed by atoms with Crippen LogP contribution >= 0.6 is 11.6 Å². The number of aliphatic imine (C=N–C) groups is 1. The average molecular weight is 342 g/mol. The van der Waals surface area contributed by atoms with Gasteiger partial charge in [0.25, 0.3) is 0 Å². The first kappa shape index (κ1) is 18.1. The van der Waals surface area contributed by atoms with Crippen LogP contribution in [0.2, 0.25) is 0 Å². The predicted molar refractivity (Wildman–Crippen MR) is 95.4 cm³/mol. The number of ether oxygens (including phenoxy) is 1. The van der Waals surface area contributed by atoms with Crippen molar-refractivity contribution in [2.45, 2.75) is 19.1 Å². The Morgan fingerprint density at radius 2 is 1.83 bits per heavy atom. The molecule has 6 heteroatoms. The van der Waals surface area contributed by atoms with Crippen LogP contribution in [0.4, 0.5) is 0 Å². The van der Waals surface area contributed by atoms with Crippen molar-refractivity contribution in [2.75, 3.05) is 5.88 Å². The van der Waals surface area contributed by atoms with E-state index in [4.69, 9.17) is 16.3 Å². The van der Waals surface area contributed by atoms with Gasteiger partial charge >= 0.3 is 128 Å². The van der Waals surface area contributed by atoms with Gasteiger partial charge in [-0.15, -0.1) is 0 Å². The number of Topliss-reactive ketones (excluding diaryl/α,β-unsaturated/α-hetero) is 1. The fraction of sp³-hybridized carbons (Fsp3) is 0.222. The molecule has 0 aliphatic heterocycles. The molecule has 0 aliphatic rings. The molecule has 1 atom stereocenters. The van der Waals surface area contributed by atoms with Gasteiger partial charge in [0.2, 0.25) is 0 Å². The van der Waals surface area contributed by atoms with E-state index in [1.165, 1.54) is 0 Å². The van der Waals surface area contributed by atoms with Crippen LogP contribution in [-0.2, 0) is 22.5 Å². The molecule has 0 bridgehead atoms. The Labute approximate surface area is 146 Å². The minimum absolute atomic E-state index is 0.126. The van der Waals surface area contributed by atoms with Gasteiger partial charge in [-0.05, 0) is 0 Å². The molecule has 2 aromatic carbocycles. The van der Waals surface area contributed by atoms with Crippen LogP contribution in [0.25, 0.3) is 0 Å². The van der Waals surface area contributed by atoms with E-state index >= 15 is 0 Å². The van der Waals surface area contributed by atoms with Crippen molar-refractivity contribution in [1.29, 1.82) is 0 Å². The molecule has 4 nitrogen and oxygen atoms in total. The number of nitrogens with zero attached hydrogens (tertiary/aromatic N) is 1. The Bertz CT molecular complexity index is 689. The fourth-order valence-electron chi connectivity index (χ4n) is 2.16. The molecule has 2 rings (SSSR count). The number of hydrogen-bond donors (Lipinski definition) is 0. The van der Waals surface area contributed by atoms with Gasteiger partial charge in [0, 0.05) is 0 Å². The van der Waals surface area contributed by atoms with Gasteiger partial charge in [-0.25, -0.2) is 0 Å². The first-order valence-electron chi connectivity index (χ1n) is 7.54. The molecule has 0 heterocycles. The minimum atomic E-state index is -0.635. The predicted octanol–water partition coefficient (Wildman–Crippen LogP) is 3.06. The van der Waals surface area contributed by atoms with Crippen LogP contribution in [0.15, 0.2) is 59.6 Å². The van der Waals surface area contributed by atoms with E-state index in [0.717, 1.165) is 23.0 Å². The second kappa shape index (κ2) is 9.78. The van der Waals surface area contributed by atoms with E-state index in [-0.39, 0.29) is 11.7 Å². The van der Waals surface area contributed by atoms with Gasteiger partial charge in [0.15, 0.2) is 0 Å². The van der Waals surface area contributed by atoms with E-state index in [1.807, 2.05) is 54.6 Å². The molecule has 0 saturated heterocycles. The zero-order valence-corrected chi connectivity index (χ0v) is 13.9. The van der Waals surface area contributed by atoms with Gasteiger partial charge in [-0.1, -0.05) is 18.2 Å². The van der Waals surface area contributed by atoms with Gasteiger partial charge in [-0.3, -0.25) is 0 Å². The van der Waals surface area contributed by atoms with Gasteiger partial charge in [0.05, 0.1) is 0 Å². The molecule has 0 aliphatic carbocycles. The Hall–Kier alpha value is -2.27. The Kier molecular flexibility index (Phi) is 7.37. The zero-order chi connectivity index (χ0) is 17.2. The maximum absolute atomic E-state index is 11.8. The van der Waals surface area contributed by atoms with Gasteiger partial charge in [-0.2, -0.15) is 0 Å². The number of carbonyl (C=O) groups excluding carboxylic acids is 1. The summed E-state index contributed by atoms with van der Waals surface area (Å²) in [6.07, 6.45) is 1.49. The molecule has 0 spiro atoms. The summed E-state index contributed by atoms with van der Waals surface area (Å²) in [7, 11) is 0.551. The van der Waals surface area contributed by atoms with Crippen LogP contribution in [-0.4, -0.2) is 31.0 Å². The molecule has 24 heavy (non-hydrogen) atoms. The van der Waals surface area contributed by atoms with Gasteiger partial charge < -0.3 is 0 Å². The van der Waals surface area contributed by atoms with Crippen LogP contribution in [0.1, 0.15) is 11.1 Å². The third-order valence-corrected chi connectivity index (χ3v) is 3.69. The average Bonchev–Trinajstić information content (AvgIpc) is 2.64. The van der Waals surface area contributed by atoms with Crippen LogP contribution in [0.5, 0.6) is 5.75 Å². The van der Waals surface area contributed by atoms with Crippen molar-refractivity contribution in [2.24, 2.45) is 4.99 Å². The SMILES string of the molecule is O=B/C=N\[C@@H](Cc1ccc(OCc2ccccc2)cc1)C(=O)CCl. The van der Waals surface area contributed by atoms with E-state index in [1.54, 1.807) is 0 Å². The standard InChI is InChI=1S/C18H17BClNO3/c20-11-18(22)17(21-13-19-23)10-14-6-8-16(9-7-14)24-12-15-4-2-1-3-5-15/h1-9,13,17H,10-12H2/b21-13-/t17-/m0/s1. The summed E-state index contributed by atoms with van der Waals surface area (Å²) < 4.78 is 16.1. The molecule has 2 aromatic rings. The number of halogens is 1. The van der Waals surface area contributed by atoms with Crippen molar-refractivity contribution < 1.29 is 14.2 Å². The second-order valence-corrected chi connectivity index (χ2v) is 5.44. The molecule has 0 fully saturated rings. The Balaban J connectivity index is 1.96. The van der Waals surface area contributed by atoms with Crippen molar-refractivity contribution in [3.63, 3.8) is 0 Å². The summed E-state index contributed by atoms with van der Waals surface area (Å²) in [4.78, 5) is 15.7. The van der Waals surface area contributed by atoms with E-state index < -0.39 is 6.04 Å². The Morgan fingerprint density at radius 3 is 2.46 bits per heavy atom. The first-order chi connectivity index (χ1) is 11.7. The normalized spacial score (nSPS) is 11.9. The van der Waals surface area contributed by atoms with Crippen LogP contribution < -0.4 is 4.74 Å². The zero-order valence-electron chi connectivity index (χ0n) is 13.1. The summed E-state index contributed by atoms with van der Waals surface area (Å²) in [6.45, 7) is 0.497. The number of carbonyl (C=O) groups is 1. The number of hydrogen-bond acceptors (Lipinski definition) is 4. The number of benzene rings is 2. The summed E-state index contributed by atoms with van der Waals surface area (Å²) in [5, 5.41) is 0. The van der Waals surface area contributed by atoms with E-state index in [0.29, 0.717) is 20.2 Å². The topological polar surface area (TPSA) is 55.7 Å². The van der Waals surface area contributed by atoms with Crippen molar-refractivity contribution in [1.82, 2.24) is 0 Å². The van der Waals surface area contributed by atoms with E-state index in [2.05, 4.69) is 4.99 Å². The molecule has 0 radical (unpaired) electrons. The molecule has 0 saturated carbocycles. The summed E-state index contributed by atoms with van der Waals surface area (Å²) in [5.74, 6) is 0.414. The molecule has 0 N–H and O–H groups in total. The van der Waals surface area contributed by atoms with Gasteiger partial charge in [0.1, 0.15) is 0 Å². The monoisotopic (exact) mass is 341 g/mol. The third-order valence-electron chi connectivity index (χ3n) is 3.43. The number of rotatable bonds is 9. The first-order valence-corrected chi connectivity index (χ1v) is 8.07. The molecular formula is C18H17BClNO3. The second-order valence-electron chi connectivity index (χ2n) is 5.17. The van der Waals surface area contributed by atoms with Crippen molar-refractivity contribution in [3.05, 3.63) is 65.7 Å². The number of ketones is 1. The third kappa shape index (κ3) is 5.74. The van der Waals surface area contributed by atoms with Crippen molar-refractivity contribution >= 4 is 30.6 Å². The molecule has 0 amide bonds. The summed E-state index contributed by atoms with van der Waals surface area (Å²) in [5.41, 5.74) is 2.02. The van der Waals surface area contributed by atoms with E-state index in [9.17, 15) is 9.50 Å². The molecule has 0 aromatic heterocycles. The Morgan fingerprint density at radius 1 is 1.12 bits per heavy atom. The summed E-state index contributed by atoms with van der Waals surface area (Å²) in [6, 6.07) is 16.7. The molecular weight excluding hydrogens is 324 g/mol. The van der Waals surface area contributed by atoms with Crippen LogP contribution in [0, 0.1) is 0 Å². The fourth-order valence-corrected chi connectivity index (χ4v) is 2.34. The van der Waals surface area contributed by atoms with Crippen molar-refractivity contribution in [3.8, 4) is 5.75 Å². The summed E-state index contributed by atoms with van der Waals surface area (Å²) >= 11 is 5.58. The maximum atomic E-state index is 11.8. The van der Waals surface area contributed by atoms with Crippen LogP contribution in [0.3, 0.4) is 0 Å². The molecule has 0 unspecified atom stereocenters. The molecule has 122 valence electrons. The quantitative estimate of drug-likeness (QED) is 0.400. The number of alkyl halides is 1.